The van der Waals surface area contributed by atoms with Crippen LogP contribution < -0.4 is 10.1 Å². The van der Waals surface area contributed by atoms with E-state index >= 15 is 0 Å². The Morgan fingerprint density at radius 2 is 2.17 bits per heavy atom. The molecule has 0 aromatic heterocycles. The summed E-state index contributed by atoms with van der Waals surface area (Å²) < 4.78 is 5.12. The Kier molecular flexibility index (Phi) is 5.44. The molecule has 0 fully saturated rings. The lowest BCUT2D eigenvalue weighted by molar-refractivity contribution is 0.0913. The molecule has 0 saturated heterocycles. The summed E-state index contributed by atoms with van der Waals surface area (Å²) in [4.78, 5) is 12.1. The third kappa shape index (κ3) is 3.62. The molecule has 0 aliphatic heterocycles. The normalized spacial score (nSPS) is 13.8. The van der Waals surface area contributed by atoms with Gasteiger partial charge in [-0.15, -0.1) is 0 Å². The first kappa shape index (κ1) is 14.8. The van der Waals surface area contributed by atoms with Crippen LogP contribution in [0, 0.1) is 5.92 Å². The second-order valence-corrected chi connectivity index (χ2v) is 4.70. The molecule has 18 heavy (non-hydrogen) atoms. The third-order valence-electron chi connectivity index (χ3n) is 2.91. The molecule has 0 bridgehead atoms. The maximum absolute atomic E-state index is 12.1. The van der Waals surface area contributed by atoms with Gasteiger partial charge in [0, 0.05) is 17.7 Å². The molecule has 1 rings (SSSR count). The van der Waals surface area contributed by atoms with Crippen molar-refractivity contribution in [1.82, 2.24) is 5.32 Å². The first-order valence-electron chi connectivity index (χ1n) is 5.74. The molecule has 0 aliphatic carbocycles. The highest BCUT2D eigenvalue weighted by Gasteiger charge is 2.18. The second-order valence-electron chi connectivity index (χ2n) is 4.27. The second kappa shape index (κ2) is 6.61. The van der Waals surface area contributed by atoms with Crippen molar-refractivity contribution in [2.45, 2.75) is 19.9 Å². The van der Waals surface area contributed by atoms with E-state index in [4.69, 9.17) is 21.4 Å². The Bertz CT molecular complexity index is 423. The largest absolute Gasteiger partial charge is 0.496 e. The van der Waals surface area contributed by atoms with Crippen LogP contribution in [0.2, 0.25) is 5.02 Å². The van der Waals surface area contributed by atoms with Gasteiger partial charge >= 0.3 is 0 Å². The molecule has 0 spiro atoms. The lowest BCUT2D eigenvalue weighted by atomic mass is 10.0. The van der Waals surface area contributed by atoms with Crippen LogP contribution in [0.4, 0.5) is 0 Å². The summed E-state index contributed by atoms with van der Waals surface area (Å²) in [5.41, 5.74) is 0.391. The van der Waals surface area contributed by atoms with Crippen LogP contribution in [0.5, 0.6) is 5.75 Å². The van der Waals surface area contributed by atoms with E-state index in [-0.39, 0.29) is 24.5 Å². The van der Waals surface area contributed by atoms with Crippen molar-refractivity contribution in [3.63, 3.8) is 0 Å². The molecular formula is C13H18ClNO3. The standard InChI is InChI=1S/C13H18ClNO3/c1-8(7-16)9(2)15-13(17)11-6-10(14)4-5-12(11)18-3/h4-6,8-9,16H,7H2,1-3H3,(H,15,17). The van der Waals surface area contributed by atoms with Crippen LogP contribution >= 0.6 is 11.6 Å². The summed E-state index contributed by atoms with van der Waals surface area (Å²) in [7, 11) is 1.50. The highest BCUT2D eigenvalue weighted by Crippen LogP contribution is 2.22. The third-order valence-corrected chi connectivity index (χ3v) is 3.14. The zero-order valence-electron chi connectivity index (χ0n) is 10.7. The van der Waals surface area contributed by atoms with Gasteiger partial charge in [-0.2, -0.15) is 0 Å². The number of hydrogen-bond donors (Lipinski definition) is 2. The summed E-state index contributed by atoms with van der Waals surface area (Å²) in [5.74, 6) is 0.196. The highest BCUT2D eigenvalue weighted by atomic mass is 35.5. The Morgan fingerprint density at radius 1 is 1.50 bits per heavy atom. The first-order chi connectivity index (χ1) is 8.49. The minimum atomic E-state index is -0.262. The fraction of sp³-hybridized carbons (Fsp3) is 0.462. The van der Waals surface area contributed by atoms with E-state index in [1.54, 1.807) is 18.2 Å². The smallest absolute Gasteiger partial charge is 0.255 e. The van der Waals surface area contributed by atoms with Gasteiger partial charge in [-0.25, -0.2) is 0 Å². The average molecular weight is 272 g/mol. The number of carbonyl (C=O) groups excluding carboxylic acids is 1. The molecule has 1 aromatic rings. The summed E-state index contributed by atoms with van der Waals surface area (Å²) in [6, 6.07) is 4.74. The first-order valence-corrected chi connectivity index (χ1v) is 6.12. The average Bonchev–Trinajstić information content (AvgIpc) is 2.37. The van der Waals surface area contributed by atoms with Gasteiger partial charge in [0.15, 0.2) is 0 Å². The van der Waals surface area contributed by atoms with Gasteiger partial charge in [0.2, 0.25) is 0 Å². The molecule has 0 aliphatic rings. The molecule has 0 saturated carbocycles. The molecule has 2 atom stereocenters. The molecule has 0 heterocycles. The molecule has 0 radical (unpaired) electrons. The van der Waals surface area contributed by atoms with Gasteiger partial charge in [-0.05, 0) is 31.0 Å². The molecule has 4 nitrogen and oxygen atoms in total. The van der Waals surface area contributed by atoms with Crippen molar-refractivity contribution >= 4 is 17.5 Å². The summed E-state index contributed by atoms with van der Waals surface area (Å²) >= 11 is 5.87. The van der Waals surface area contributed by atoms with Crippen LogP contribution in [0.3, 0.4) is 0 Å². The van der Waals surface area contributed by atoms with E-state index < -0.39 is 0 Å². The van der Waals surface area contributed by atoms with E-state index in [0.717, 1.165) is 0 Å². The molecule has 2 unspecified atom stereocenters. The lowest BCUT2D eigenvalue weighted by Gasteiger charge is -2.20. The highest BCUT2D eigenvalue weighted by molar-refractivity contribution is 6.31. The molecule has 1 aromatic carbocycles. The van der Waals surface area contributed by atoms with Gasteiger partial charge in [-0.1, -0.05) is 18.5 Å². The van der Waals surface area contributed by atoms with Gasteiger partial charge in [-0.3, -0.25) is 4.79 Å². The van der Waals surface area contributed by atoms with E-state index in [1.165, 1.54) is 7.11 Å². The number of benzene rings is 1. The van der Waals surface area contributed by atoms with E-state index in [2.05, 4.69) is 5.32 Å². The van der Waals surface area contributed by atoms with Gasteiger partial charge in [0.1, 0.15) is 5.75 Å². The zero-order valence-corrected chi connectivity index (χ0v) is 11.5. The van der Waals surface area contributed by atoms with Crippen LogP contribution in [-0.4, -0.2) is 30.8 Å². The Balaban J connectivity index is 2.87. The molecule has 100 valence electrons. The van der Waals surface area contributed by atoms with Crippen LogP contribution in [0.1, 0.15) is 24.2 Å². The summed E-state index contributed by atoms with van der Waals surface area (Å²) in [6.45, 7) is 3.73. The van der Waals surface area contributed by atoms with Crippen LogP contribution in [0.25, 0.3) is 0 Å². The number of carbonyl (C=O) groups is 1. The van der Waals surface area contributed by atoms with Crippen molar-refractivity contribution in [1.29, 1.82) is 0 Å². The number of nitrogens with one attached hydrogen (secondary N) is 1. The SMILES string of the molecule is COc1ccc(Cl)cc1C(=O)NC(C)C(C)CO. The Hall–Kier alpha value is -1.26. The fourth-order valence-corrected chi connectivity index (χ4v) is 1.61. The minimum absolute atomic E-state index is 0.0147. The van der Waals surface area contributed by atoms with E-state index in [9.17, 15) is 4.79 Å². The number of hydrogen-bond acceptors (Lipinski definition) is 3. The van der Waals surface area contributed by atoms with Crippen LogP contribution in [0.15, 0.2) is 18.2 Å². The zero-order chi connectivity index (χ0) is 13.7. The van der Waals surface area contributed by atoms with Gasteiger partial charge in [0.25, 0.3) is 5.91 Å². The Morgan fingerprint density at radius 3 is 2.72 bits per heavy atom. The molecule has 2 N–H and O–H groups in total. The predicted octanol–water partition coefficient (Wildman–Crippen LogP) is 2.10. The summed E-state index contributed by atoms with van der Waals surface area (Å²) in [5, 5.41) is 12.3. The number of aliphatic hydroxyl groups is 1. The number of amides is 1. The monoisotopic (exact) mass is 271 g/mol. The number of methoxy groups -OCH3 is 1. The number of halogens is 1. The molecule has 5 heteroatoms. The number of ether oxygens (including phenoxy) is 1. The fourth-order valence-electron chi connectivity index (χ4n) is 1.44. The predicted molar refractivity (Wildman–Crippen MR) is 71.2 cm³/mol. The maximum Gasteiger partial charge on any atom is 0.255 e. The topological polar surface area (TPSA) is 58.6 Å². The van der Waals surface area contributed by atoms with Crippen molar-refractivity contribution in [2.75, 3.05) is 13.7 Å². The van der Waals surface area contributed by atoms with E-state index in [1.807, 2.05) is 13.8 Å². The summed E-state index contributed by atoms with van der Waals surface area (Å²) in [6.07, 6.45) is 0. The van der Waals surface area contributed by atoms with Crippen LogP contribution in [-0.2, 0) is 0 Å². The number of rotatable bonds is 5. The molecule has 1 amide bonds. The van der Waals surface area contributed by atoms with Gasteiger partial charge < -0.3 is 15.2 Å². The van der Waals surface area contributed by atoms with Crippen molar-refractivity contribution in [3.05, 3.63) is 28.8 Å². The molecular weight excluding hydrogens is 254 g/mol. The lowest BCUT2D eigenvalue weighted by Crippen LogP contribution is -2.38. The van der Waals surface area contributed by atoms with Crippen molar-refractivity contribution < 1.29 is 14.6 Å². The van der Waals surface area contributed by atoms with Crippen molar-refractivity contribution in [2.24, 2.45) is 5.92 Å². The number of aliphatic hydroxyl groups excluding tert-OH is 1. The van der Waals surface area contributed by atoms with Crippen molar-refractivity contribution in [3.8, 4) is 5.75 Å². The van der Waals surface area contributed by atoms with Gasteiger partial charge in [0.05, 0.1) is 12.7 Å². The van der Waals surface area contributed by atoms with E-state index in [0.29, 0.717) is 16.3 Å². The maximum atomic E-state index is 12.1. The minimum Gasteiger partial charge on any atom is -0.496 e. The quantitative estimate of drug-likeness (QED) is 0.862. The Labute approximate surface area is 112 Å².